The van der Waals surface area contributed by atoms with Gasteiger partial charge < -0.3 is 10.6 Å². The summed E-state index contributed by atoms with van der Waals surface area (Å²) in [5.74, 6) is 1.47. The first-order valence-electron chi connectivity index (χ1n) is 8.04. The lowest BCUT2D eigenvalue weighted by atomic mass is 9.72. The summed E-state index contributed by atoms with van der Waals surface area (Å²) in [5, 5.41) is 6.32. The van der Waals surface area contributed by atoms with Gasteiger partial charge in [0.25, 0.3) is 5.91 Å². The van der Waals surface area contributed by atoms with Gasteiger partial charge in [-0.1, -0.05) is 20.8 Å². The zero-order chi connectivity index (χ0) is 15.0. The van der Waals surface area contributed by atoms with Crippen LogP contribution in [0.4, 0.5) is 0 Å². The second-order valence-corrected chi connectivity index (χ2v) is 8.74. The second kappa shape index (κ2) is 6.90. The fraction of sp³-hybridized carbons (Fsp3) is 0.706. The summed E-state index contributed by atoms with van der Waals surface area (Å²) in [6.45, 7) is 9.86. The highest BCUT2D eigenvalue weighted by molar-refractivity contribution is 7.14. The molecule has 2 aliphatic rings. The van der Waals surface area contributed by atoms with Crippen LogP contribution in [0.1, 0.15) is 47.3 Å². The Morgan fingerprint density at radius 2 is 2.14 bits per heavy atom. The number of aryl methyl sites for hydroxylation is 1. The maximum Gasteiger partial charge on any atom is 0.261 e. The second-order valence-electron chi connectivity index (χ2n) is 7.60. The molecule has 2 N–H and O–H groups in total. The van der Waals surface area contributed by atoms with Crippen LogP contribution in [0.2, 0.25) is 0 Å². The fourth-order valence-corrected chi connectivity index (χ4v) is 4.32. The third kappa shape index (κ3) is 3.84. The summed E-state index contributed by atoms with van der Waals surface area (Å²) in [7, 11) is 0. The van der Waals surface area contributed by atoms with Gasteiger partial charge in [0.1, 0.15) is 0 Å². The van der Waals surface area contributed by atoms with E-state index < -0.39 is 0 Å². The molecular formula is C17H27ClN2OS. The van der Waals surface area contributed by atoms with Gasteiger partial charge in [-0.3, -0.25) is 4.79 Å². The van der Waals surface area contributed by atoms with Crippen LogP contribution in [0, 0.1) is 17.3 Å². The average molecular weight is 343 g/mol. The van der Waals surface area contributed by atoms with Crippen molar-refractivity contribution in [3.05, 3.63) is 21.4 Å². The van der Waals surface area contributed by atoms with Crippen molar-refractivity contribution in [2.75, 3.05) is 19.6 Å². The monoisotopic (exact) mass is 342 g/mol. The molecule has 124 valence electrons. The van der Waals surface area contributed by atoms with Crippen LogP contribution < -0.4 is 10.6 Å². The highest BCUT2D eigenvalue weighted by atomic mass is 35.5. The van der Waals surface area contributed by atoms with Crippen molar-refractivity contribution in [3.8, 4) is 0 Å². The topological polar surface area (TPSA) is 41.1 Å². The van der Waals surface area contributed by atoms with Crippen LogP contribution in [-0.4, -0.2) is 25.5 Å². The molecule has 0 saturated carbocycles. The highest BCUT2D eigenvalue weighted by Crippen LogP contribution is 2.40. The molecule has 3 nitrogen and oxygen atoms in total. The minimum atomic E-state index is 0. The molecule has 1 amide bonds. The maximum absolute atomic E-state index is 12.3. The third-order valence-corrected chi connectivity index (χ3v) is 6.18. The van der Waals surface area contributed by atoms with E-state index in [2.05, 4.69) is 37.5 Å². The standard InChI is InChI=1S/C17H26N2OS.ClH/c1-17(2,3)13-4-5-14-12(6-13)7-15(21-14)16(20)19-10-11-8-18-9-11;/h7,11,13,18H,4-6,8-10H2,1-3H3,(H,19,20);1H. The molecule has 0 radical (unpaired) electrons. The van der Waals surface area contributed by atoms with Gasteiger partial charge in [-0.15, -0.1) is 23.7 Å². The van der Waals surface area contributed by atoms with E-state index in [-0.39, 0.29) is 18.3 Å². The van der Waals surface area contributed by atoms with Crippen LogP contribution in [0.15, 0.2) is 6.07 Å². The summed E-state index contributed by atoms with van der Waals surface area (Å²) in [4.78, 5) is 14.6. The van der Waals surface area contributed by atoms with Gasteiger partial charge in [0.15, 0.2) is 0 Å². The van der Waals surface area contributed by atoms with Crippen molar-refractivity contribution < 1.29 is 4.79 Å². The molecule has 0 spiro atoms. The zero-order valence-electron chi connectivity index (χ0n) is 13.7. The lowest BCUT2D eigenvalue weighted by Gasteiger charge is -2.33. The molecule has 22 heavy (non-hydrogen) atoms. The molecule has 1 aromatic rings. The maximum atomic E-state index is 12.3. The molecule has 1 aliphatic carbocycles. The molecule has 0 aromatic carbocycles. The number of halogens is 1. The van der Waals surface area contributed by atoms with E-state index in [1.807, 2.05) is 0 Å². The molecule has 1 aliphatic heterocycles. The predicted molar refractivity (Wildman–Crippen MR) is 95.2 cm³/mol. The SMILES string of the molecule is CC(C)(C)C1CCc2sc(C(=O)NCC3CNC3)cc2C1.Cl. The number of fused-ring (bicyclic) bond motifs is 1. The number of hydrogen-bond donors (Lipinski definition) is 2. The fourth-order valence-electron chi connectivity index (χ4n) is 3.19. The quantitative estimate of drug-likeness (QED) is 0.885. The van der Waals surface area contributed by atoms with Crippen molar-refractivity contribution in [1.82, 2.24) is 10.6 Å². The number of hydrogen-bond acceptors (Lipinski definition) is 3. The molecular weight excluding hydrogens is 316 g/mol. The minimum Gasteiger partial charge on any atom is -0.351 e. The smallest absolute Gasteiger partial charge is 0.261 e. The Labute approximate surface area is 143 Å². The van der Waals surface area contributed by atoms with Gasteiger partial charge in [-0.25, -0.2) is 0 Å². The van der Waals surface area contributed by atoms with Crippen LogP contribution in [-0.2, 0) is 12.8 Å². The Balaban J connectivity index is 0.00000176. The summed E-state index contributed by atoms with van der Waals surface area (Å²) < 4.78 is 0. The van der Waals surface area contributed by atoms with Gasteiger partial charge in [-0.2, -0.15) is 0 Å². The van der Waals surface area contributed by atoms with Crippen LogP contribution in [0.5, 0.6) is 0 Å². The molecule has 1 fully saturated rings. The van der Waals surface area contributed by atoms with E-state index in [1.54, 1.807) is 11.3 Å². The number of carbonyl (C=O) groups is 1. The predicted octanol–water partition coefficient (Wildman–Crippen LogP) is 3.27. The molecule has 2 heterocycles. The Morgan fingerprint density at radius 3 is 2.73 bits per heavy atom. The van der Waals surface area contributed by atoms with E-state index in [1.165, 1.54) is 16.9 Å². The van der Waals surface area contributed by atoms with Crippen LogP contribution in [0.3, 0.4) is 0 Å². The summed E-state index contributed by atoms with van der Waals surface area (Å²) >= 11 is 1.71. The normalized spacial score (nSPS) is 21.5. The first kappa shape index (κ1) is 17.8. The lowest BCUT2D eigenvalue weighted by molar-refractivity contribution is 0.0946. The molecule has 5 heteroatoms. The van der Waals surface area contributed by atoms with E-state index >= 15 is 0 Å². The molecule has 1 aromatic heterocycles. The van der Waals surface area contributed by atoms with Crippen LogP contribution >= 0.6 is 23.7 Å². The zero-order valence-corrected chi connectivity index (χ0v) is 15.3. The first-order chi connectivity index (χ1) is 9.93. The van der Waals surface area contributed by atoms with E-state index in [9.17, 15) is 4.79 Å². The third-order valence-electron chi connectivity index (χ3n) is 4.95. The Hall–Kier alpha value is -0.580. The van der Waals surface area contributed by atoms with Gasteiger partial charge in [0, 0.05) is 30.4 Å². The largest absolute Gasteiger partial charge is 0.351 e. The van der Waals surface area contributed by atoms with Crippen molar-refractivity contribution in [1.29, 1.82) is 0 Å². The summed E-state index contributed by atoms with van der Waals surface area (Å²) in [6.07, 6.45) is 3.53. The number of amides is 1. The van der Waals surface area contributed by atoms with Crippen LogP contribution in [0.25, 0.3) is 0 Å². The van der Waals surface area contributed by atoms with E-state index in [0.717, 1.165) is 43.3 Å². The average Bonchev–Trinajstić information content (AvgIpc) is 2.78. The van der Waals surface area contributed by atoms with Crippen molar-refractivity contribution in [3.63, 3.8) is 0 Å². The Bertz CT molecular complexity index is 531. The van der Waals surface area contributed by atoms with Crippen molar-refractivity contribution in [2.24, 2.45) is 17.3 Å². The van der Waals surface area contributed by atoms with Gasteiger partial charge in [0.05, 0.1) is 4.88 Å². The Kier molecular flexibility index (Phi) is 5.57. The van der Waals surface area contributed by atoms with E-state index in [0.29, 0.717) is 11.3 Å². The first-order valence-corrected chi connectivity index (χ1v) is 8.85. The molecule has 1 unspecified atom stereocenters. The van der Waals surface area contributed by atoms with E-state index in [4.69, 9.17) is 0 Å². The summed E-state index contributed by atoms with van der Waals surface area (Å²) in [5.41, 5.74) is 1.78. The highest BCUT2D eigenvalue weighted by Gasteiger charge is 2.30. The molecule has 3 rings (SSSR count). The Morgan fingerprint density at radius 1 is 1.41 bits per heavy atom. The van der Waals surface area contributed by atoms with Gasteiger partial charge >= 0.3 is 0 Å². The van der Waals surface area contributed by atoms with Crippen molar-refractivity contribution >= 4 is 29.7 Å². The summed E-state index contributed by atoms with van der Waals surface area (Å²) in [6, 6.07) is 2.15. The molecule has 1 saturated heterocycles. The number of thiophene rings is 1. The number of carbonyl (C=O) groups excluding carboxylic acids is 1. The molecule has 0 bridgehead atoms. The minimum absolute atomic E-state index is 0. The van der Waals surface area contributed by atoms with Gasteiger partial charge in [-0.05, 0) is 42.2 Å². The number of nitrogens with one attached hydrogen (secondary N) is 2. The van der Waals surface area contributed by atoms with Gasteiger partial charge in [0.2, 0.25) is 0 Å². The van der Waals surface area contributed by atoms with Crippen molar-refractivity contribution in [2.45, 2.75) is 40.0 Å². The lowest BCUT2D eigenvalue weighted by Crippen LogP contribution is -2.48. The number of rotatable bonds is 3. The molecule has 1 atom stereocenters.